The summed E-state index contributed by atoms with van der Waals surface area (Å²) in [5.41, 5.74) is 2.96. The molecule has 2 aromatic carbocycles. The highest BCUT2D eigenvalue weighted by Crippen LogP contribution is 2.52. The number of aryl methyl sites for hydroxylation is 1. The monoisotopic (exact) mass is 545 g/mol. The Kier molecular flexibility index (Phi) is 9.56. The van der Waals surface area contributed by atoms with E-state index in [2.05, 4.69) is 73.8 Å². The van der Waals surface area contributed by atoms with Gasteiger partial charge in [0.15, 0.2) is 0 Å². The van der Waals surface area contributed by atoms with Crippen molar-refractivity contribution in [3.8, 4) is 5.75 Å². The average Bonchev–Trinajstić information content (AvgIpc) is 3.77. The Morgan fingerprint density at radius 3 is 2.60 bits per heavy atom. The molecule has 0 aromatic heterocycles. The van der Waals surface area contributed by atoms with E-state index in [1.54, 1.807) is 7.11 Å². The third-order valence-corrected chi connectivity index (χ3v) is 10.2. The van der Waals surface area contributed by atoms with Crippen molar-refractivity contribution in [3.05, 3.63) is 65.7 Å². The first-order valence-corrected chi connectivity index (χ1v) is 16.2. The fraction of sp³-hybridized carbons (Fsp3) is 0.639. The number of unbranched alkanes of at least 4 members (excludes halogenated alkanes) is 2. The summed E-state index contributed by atoms with van der Waals surface area (Å²) in [5.74, 6) is 3.55. The van der Waals surface area contributed by atoms with Crippen LogP contribution in [-0.4, -0.2) is 49.7 Å². The lowest BCUT2D eigenvalue weighted by molar-refractivity contribution is -0.942. The van der Waals surface area contributed by atoms with Crippen molar-refractivity contribution in [2.75, 3.05) is 33.3 Å². The highest BCUT2D eigenvalue weighted by atomic mass is 16.5. The fourth-order valence-corrected chi connectivity index (χ4v) is 8.27. The van der Waals surface area contributed by atoms with Gasteiger partial charge < -0.3 is 14.5 Å². The van der Waals surface area contributed by atoms with Gasteiger partial charge in [0.1, 0.15) is 5.75 Å². The number of likely N-dealkylation sites (tertiary alicyclic amines) is 1. The third kappa shape index (κ3) is 7.29. The lowest BCUT2D eigenvalue weighted by Gasteiger charge is -2.57. The zero-order valence-corrected chi connectivity index (χ0v) is 25.4. The molecule has 2 saturated carbocycles. The molecule has 1 heterocycles. The van der Waals surface area contributed by atoms with Gasteiger partial charge in [-0.15, -0.1) is 0 Å². The Bertz CT molecular complexity index is 1090. The van der Waals surface area contributed by atoms with Gasteiger partial charge in [0.2, 0.25) is 5.91 Å². The first-order valence-electron chi connectivity index (χ1n) is 16.2. The van der Waals surface area contributed by atoms with Gasteiger partial charge in [0, 0.05) is 42.1 Å². The molecule has 40 heavy (non-hydrogen) atoms. The summed E-state index contributed by atoms with van der Waals surface area (Å²) in [5, 5.41) is 3.50. The highest BCUT2D eigenvalue weighted by Gasteiger charge is 2.54. The van der Waals surface area contributed by atoms with Crippen LogP contribution >= 0.6 is 0 Å². The smallest absolute Gasteiger partial charge is 0.220 e. The van der Waals surface area contributed by atoms with E-state index in [0.29, 0.717) is 12.3 Å². The number of rotatable bonds is 13. The van der Waals surface area contributed by atoms with E-state index in [1.165, 1.54) is 67.5 Å². The molecule has 0 bridgehead atoms. The summed E-state index contributed by atoms with van der Waals surface area (Å²) in [6.45, 7) is 10.1. The van der Waals surface area contributed by atoms with Crippen molar-refractivity contribution in [3.63, 3.8) is 0 Å². The van der Waals surface area contributed by atoms with Crippen LogP contribution in [0.3, 0.4) is 0 Å². The van der Waals surface area contributed by atoms with Crippen LogP contribution in [0.25, 0.3) is 0 Å². The van der Waals surface area contributed by atoms with Crippen LogP contribution in [0.5, 0.6) is 5.75 Å². The molecule has 2 aliphatic carbocycles. The molecule has 1 N–H and O–H groups in total. The molecule has 4 nitrogen and oxygen atoms in total. The number of piperidine rings is 1. The second kappa shape index (κ2) is 13.1. The predicted molar refractivity (Wildman–Crippen MR) is 164 cm³/mol. The van der Waals surface area contributed by atoms with E-state index >= 15 is 0 Å². The SMILES string of the molecule is COc1cccc([C@]23CC[N@+](CC(C)C)(CC4CC4)CC2CC[C@@H](NC(=O)CCCCCc2ccccc2)C3)c1. The second-order valence-electron chi connectivity index (χ2n) is 13.9. The summed E-state index contributed by atoms with van der Waals surface area (Å²) < 4.78 is 7.00. The topological polar surface area (TPSA) is 38.3 Å². The molecule has 3 fully saturated rings. The molecule has 1 amide bonds. The molecule has 1 unspecified atom stereocenters. The number of carbonyl (C=O) groups is 1. The molecule has 4 atom stereocenters. The molecular weight excluding hydrogens is 492 g/mol. The van der Waals surface area contributed by atoms with Crippen molar-refractivity contribution in [2.24, 2.45) is 17.8 Å². The predicted octanol–water partition coefficient (Wildman–Crippen LogP) is 7.31. The lowest BCUT2D eigenvalue weighted by Crippen LogP contribution is -2.64. The molecule has 0 radical (unpaired) electrons. The van der Waals surface area contributed by atoms with E-state index < -0.39 is 0 Å². The van der Waals surface area contributed by atoms with Crippen LogP contribution in [0.4, 0.5) is 0 Å². The Morgan fingerprint density at radius 2 is 1.85 bits per heavy atom. The maximum atomic E-state index is 13.1. The van der Waals surface area contributed by atoms with Crippen LogP contribution in [-0.2, 0) is 16.6 Å². The lowest BCUT2D eigenvalue weighted by atomic mass is 9.57. The minimum absolute atomic E-state index is 0.128. The van der Waals surface area contributed by atoms with E-state index in [0.717, 1.165) is 56.1 Å². The number of nitrogens with zero attached hydrogens (tertiary/aromatic N) is 1. The van der Waals surface area contributed by atoms with Gasteiger partial charge in [-0.2, -0.15) is 0 Å². The number of quaternary nitrogens is 1. The van der Waals surface area contributed by atoms with Crippen molar-refractivity contribution in [2.45, 2.75) is 95.9 Å². The number of nitrogens with one attached hydrogen (secondary N) is 1. The molecule has 1 aliphatic heterocycles. The van der Waals surface area contributed by atoms with Crippen LogP contribution in [0.2, 0.25) is 0 Å². The molecule has 1 saturated heterocycles. The third-order valence-electron chi connectivity index (χ3n) is 10.2. The standard InChI is InChI=1S/C36H52N2O2/c1-28(2)25-38(26-30-17-18-30)22-21-36(31-14-10-15-34(23-31)40-3)24-33(20-19-32(36)27-38)37-35(39)16-9-5-8-13-29-11-6-4-7-12-29/h4,6-7,10-12,14-15,23,28,30,32-33H,5,8-9,13,16-22,24-27H2,1-3H3/p+1/t32?,33-,36-,38+/m1/s1. The second-order valence-corrected chi connectivity index (χ2v) is 13.9. The number of fused-ring (bicyclic) bond motifs is 1. The number of carbonyl (C=O) groups excluding carboxylic acids is 1. The number of amides is 1. The van der Waals surface area contributed by atoms with Gasteiger partial charge in [-0.25, -0.2) is 0 Å². The zero-order chi connectivity index (χ0) is 28.0. The van der Waals surface area contributed by atoms with Crippen LogP contribution in [0.15, 0.2) is 54.6 Å². The van der Waals surface area contributed by atoms with Gasteiger partial charge >= 0.3 is 0 Å². The summed E-state index contributed by atoms with van der Waals surface area (Å²) in [4.78, 5) is 13.1. The van der Waals surface area contributed by atoms with E-state index in [-0.39, 0.29) is 17.4 Å². The molecule has 5 rings (SSSR count). The van der Waals surface area contributed by atoms with Crippen molar-refractivity contribution >= 4 is 5.91 Å². The van der Waals surface area contributed by atoms with Crippen LogP contribution in [0.1, 0.15) is 89.2 Å². The van der Waals surface area contributed by atoms with Crippen molar-refractivity contribution < 1.29 is 14.0 Å². The Hall–Kier alpha value is -2.33. The first kappa shape index (κ1) is 29.2. The zero-order valence-electron chi connectivity index (χ0n) is 25.4. The number of benzene rings is 2. The molecule has 3 aliphatic rings. The summed E-state index contributed by atoms with van der Waals surface area (Å²) in [7, 11) is 1.78. The van der Waals surface area contributed by atoms with Gasteiger partial charge in [-0.3, -0.25) is 4.79 Å². The average molecular weight is 546 g/mol. The van der Waals surface area contributed by atoms with Gasteiger partial charge in [0.05, 0.1) is 33.3 Å². The van der Waals surface area contributed by atoms with Gasteiger partial charge in [-0.1, -0.05) is 62.7 Å². The quantitative estimate of drug-likeness (QED) is 0.212. The summed E-state index contributed by atoms with van der Waals surface area (Å²) in [6.07, 6.45) is 12.5. The van der Waals surface area contributed by atoms with Crippen LogP contribution < -0.4 is 10.1 Å². The highest BCUT2D eigenvalue weighted by molar-refractivity contribution is 5.76. The van der Waals surface area contributed by atoms with E-state index in [1.807, 2.05) is 0 Å². The van der Waals surface area contributed by atoms with Crippen molar-refractivity contribution in [1.29, 1.82) is 0 Å². The summed E-state index contributed by atoms with van der Waals surface area (Å²) in [6, 6.07) is 19.8. The Labute approximate surface area is 243 Å². The van der Waals surface area contributed by atoms with E-state index in [4.69, 9.17) is 4.74 Å². The normalized spacial score (nSPS) is 28.2. The molecule has 4 heteroatoms. The maximum absolute atomic E-state index is 13.1. The van der Waals surface area contributed by atoms with Gasteiger partial charge in [0.25, 0.3) is 0 Å². The molecule has 0 spiro atoms. The Morgan fingerprint density at radius 1 is 1.02 bits per heavy atom. The molecular formula is C36H53N2O2+. The number of methoxy groups -OCH3 is 1. The Balaban J connectivity index is 1.23. The largest absolute Gasteiger partial charge is 0.497 e. The molecule has 2 aromatic rings. The molecule has 218 valence electrons. The number of hydrogen-bond acceptors (Lipinski definition) is 2. The summed E-state index contributed by atoms with van der Waals surface area (Å²) >= 11 is 0. The fourth-order valence-electron chi connectivity index (χ4n) is 8.27. The van der Waals surface area contributed by atoms with Crippen LogP contribution in [0, 0.1) is 17.8 Å². The minimum Gasteiger partial charge on any atom is -0.497 e. The number of ether oxygens (including phenoxy) is 1. The van der Waals surface area contributed by atoms with Crippen molar-refractivity contribution in [1.82, 2.24) is 5.32 Å². The maximum Gasteiger partial charge on any atom is 0.220 e. The first-order chi connectivity index (χ1) is 19.4. The van der Waals surface area contributed by atoms with E-state index in [9.17, 15) is 4.79 Å². The number of hydrogen-bond donors (Lipinski definition) is 1. The van der Waals surface area contributed by atoms with Gasteiger partial charge in [-0.05, 0) is 74.6 Å². The minimum atomic E-state index is 0.128.